The highest BCUT2D eigenvalue weighted by molar-refractivity contribution is 5.85. The zero-order valence-electron chi connectivity index (χ0n) is 15.5. The molecule has 0 saturated heterocycles. The molecule has 1 amide bonds. The van der Waals surface area contributed by atoms with Gasteiger partial charge in [0.15, 0.2) is 11.5 Å². The van der Waals surface area contributed by atoms with Gasteiger partial charge in [-0.25, -0.2) is 0 Å². The number of hydrogen-bond acceptors (Lipinski definition) is 4. The monoisotopic (exact) mass is 347 g/mol. The van der Waals surface area contributed by atoms with Gasteiger partial charge in [-0.05, 0) is 50.8 Å². The summed E-state index contributed by atoms with van der Waals surface area (Å²) in [5.41, 5.74) is 1.10. The number of amides is 1. The SMILES string of the molecule is CCOc1ccc(CCNC(=O)C2CCC(=O)C(C)C2)cc1OCC. The largest absolute Gasteiger partial charge is 0.490 e. The lowest BCUT2D eigenvalue weighted by Crippen LogP contribution is -2.36. The van der Waals surface area contributed by atoms with Crippen molar-refractivity contribution in [2.24, 2.45) is 11.8 Å². The fraction of sp³-hybridized carbons (Fsp3) is 0.600. The average Bonchev–Trinajstić information content (AvgIpc) is 2.60. The first kappa shape index (κ1) is 19.3. The molecule has 1 fully saturated rings. The maximum atomic E-state index is 12.3. The van der Waals surface area contributed by atoms with E-state index in [1.807, 2.05) is 39.0 Å². The molecule has 0 aliphatic heterocycles. The topological polar surface area (TPSA) is 64.6 Å². The first-order valence-electron chi connectivity index (χ1n) is 9.24. The molecule has 5 nitrogen and oxygen atoms in total. The van der Waals surface area contributed by atoms with E-state index >= 15 is 0 Å². The van der Waals surface area contributed by atoms with Gasteiger partial charge in [0.05, 0.1) is 13.2 Å². The molecule has 5 heteroatoms. The summed E-state index contributed by atoms with van der Waals surface area (Å²) in [5, 5.41) is 3.01. The van der Waals surface area contributed by atoms with Gasteiger partial charge in [0.25, 0.3) is 0 Å². The van der Waals surface area contributed by atoms with Crippen LogP contribution in [-0.4, -0.2) is 31.4 Å². The summed E-state index contributed by atoms with van der Waals surface area (Å²) < 4.78 is 11.2. The van der Waals surface area contributed by atoms with Gasteiger partial charge in [-0.3, -0.25) is 9.59 Å². The molecule has 0 spiro atoms. The Bertz CT molecular complexity index is 599. The predicted molar refractivity (Wildman–Crippen MR) is 97.0 cm³/mol. The lowest BCUT2D eigenvalue weighted by molar-refractivity contribution is -0.130. The lowest BCUT2D eigenvalue weighted by Gasteiger charge is -2.24. The number of nitrogens with one attached hydrogen (secondary N) is 1. The van der Waals surface area contributed by atoms with Gasteiger partial charge in [-0.1, -0.05) is 13.0 Å². The molecular formula is C20H29NO4. The highest BCUT2D eigenvalue weighted by atomic mass is 16.5. The first-order chi connectivity index (χ1) is 12.0. The van der Waals surface area contributed by atoms with Crippen LogP contribution < -0.4 is 14.8 Å². The molecule has 0 bridgehead atoms. The Labute approximate surface area is 150 Å². The second-order valence-electron chi connectivity index (χ2n) is 6.53. The minimum atomic E-state index is -0.0352. The van der Waals surface area contributed by atoms with E-state index in [1.54, 1.807) is 0 Å². The van der Waals surface area contributed by atoms with E-state index in [0.717, 1.165) is 23.5 Å². The number of hydrogen-bond donors (Lipinski definition) is 1. The van der Waals surface area contributed by atoms with Crippen LogP contribution in [0.1, 0.15) is 45.6 Å². The number of rotatable bonds is 8. The van der Waals surface area contributed by atoms with E-state index in [1.165, 1.54) is 0 Å². The number of ether oxygens (including phenoxy) is 2. The van der Waals surface area contributed by atoms with Crippen LogP contribution in [0.5, 0.6) is 11.5 Å². The lowest BCUT2D eigenvalue weighted by atomic mass is 9.81. The molecule has 138 valence electrons. The number of ketones is 1. The molecule has 2 unspecified atom stereocenters. The molecule has 2 atom stereocenters. The Morgan fingerprint density at radius 3 is 2.60 bits per heavy atom. The van der Waals surface area contributed by atoms with Crippen LogP contribution in [0, 0.1) is 11.8 Å². The van der Waals surface area contributed by atoms with Crippen molar-refractivity contribution in [2.75, 3.05) is 19.8 Å². The van der Waals surface area contributed by atoms with Gasteiger partial charge in [0.1, 0.15) is 5.78 Å². The van der Waals surface area contributed by atoms with Crippen LogP contribution in [0.4, 0.5) is 0 Å². The van der Waals surface area contributed by atoms with Crippen LogP contribution >= 0.6 is 0 Å². The van der Waals surface area contributed by atoms with Crippen LogP contribution in [-0.2, 0) is 16.0 Å². The Balaban J connectivity index is 1.85. The van der Waals surface area contributed by atoms with Crippen molar-refractivity contribution in [3.8, 4) is 11.5 Å². The van der Waals surface area contributed by atoms with Crippen molar-refractivity contribution in [1.82, 2.24) is 5.32 Å². The highest BCUT2D eigenvalue weighted by Crippen LogP contribution is 2.29. The summed E-state index contributed by atoms with van der Waals surface area (Å²) in [5.74, 6) is 1.80. The van der Waals surface area contributed by atoms with Gasteiger partial charge < -0.3 is 14.8 Å². The van der Waals surface area contributed by atoms with E-state index < -0.39 is 0 Å². The molecular weight excluding hydrogens is 318 g/mol. The molecule has 0 aromatic heterocycles. The van der Waals surface area contributed by atoms with Gasteiger partial charge >= 0.3 is 0 Å². The van der Waals surface area contributed by atoms with Gasteiger partial charge in [0.2, 0.25) is 5.91 Å². The van der Waals surface area contributed by atoms with Crippen LogP contribution in [0.25, 0.3) is 0 Å². The van der Waals surface area contributed by atoms with Gasteiger partial charge in [0, 0.05) is 24.8 Å². The van der Waals surface area contributed by atoms with Gasteiger partial charge in [-0.2, -0.15) is 0 Å². The Kier molecular flexibility index (Phi) is 7.29. The molecule has 1 aromatic carbocycles. The number of Topliss-reactive ketones (excluding diaryl/α,β-unsaturated/α-hetero) is 1. The van der Waals surface area contributed by atoms with Crippen LogP contribution in [0.2, 0.25) is 0 Å². The van der Waals surface area contributed by atoms with E-state index in [0.29, 0.717) is 39.0 Å². The minimum Gasteiger partial charge on any atom is -0.490 e. The average molecular weight is 347 g/mol. The molecule has 2 rings (SSSR count). The summed E-state index contributed by atoms with van der Waals surface area (Å²) in [6.07, 6.45) is 2.60. The summed E-state index contributed by atoms with van der Waals surface area (Å²) in [7, 11) is 0. The Morgan fingerprint density at radius 1 is 1.20 bits per heavy atom. The van der Waals surface area contributed by atoms with Crippen LogP contribution in [0.3, 0.4) is 0 Å². The third-order valence-corrected chi connectivity index (χ3v) is 4.62. The summed E-state index contributed by atoms with van der Waals surface area (Å²) in [6, 6.07) is 5.89. The summed E-state index contributed by atoms with van der Waals surface area (Å²) in [4.78, 5) is 23.8. The van der Waals surface area contributed by atoms with E-state index in [-0.39, 0.29) is 23.5 Å². The molecule has 1 aromatic rings. The summed E-state index contributed by atoms with van der Waals surface area (Å²) in [6.45, 7) is 7.56. The first-order valence-corrected chi connectivity index (χ1v) is 9.24. The number of carbonyl (C=O) groups is 2. The van der Waals surface area contributed by atoms with Gasteiger partial charge in [-0.15, -0.1) is 0 Å². The van der Waals surface area contributed by atoms with Crippen molar-refractivity contribution in [2.45, 2.75) is 46.5 Å². The molecule has 1 aliphatic carbocycles. The van der Waals surface area contributed by atoms with E-state index in [2.05, 4.69) is 5.32 Å². The van der Waals surface area contributed by atoms with Crippen molar-refractivity contribution in [3.05, 3.63) is 23.8 Å². The maximum absolute atomic E-state index is 12.3. The fourth-order valence-corrected chi connectivity index (χ4v) is 3.20. The standard InChI is InChI=1S/C20H29NO4/c1-4-24-18-9-6-15(13-19(18)25-5-2)10-11-21-20(23)16-7-8-17(22)14(3)12-16/h6,9,13-14,16H,4-5,7-8,10-12H2,1-3H3,(H,21,23). The third kappa shape index (κ3) is 5.48. The Morgan fingerprint density at radius 2 is 1.92 bits per heavy atom. The number of carbonyl (C=O) groups excluding carboxylic acids is 2. The van der Waals surface area contributed by atoms with Crippen LogP contribution in [0.15, 0.2) is 18.2 Å². The molecule has 1 saturated carbocycles. The maximum Gasteiger partial charge on any atom is 0.223 e. The normalized spacial score (nSPS) is 20.2. The van der Waals surface area contributed by atoms with Crippen molar-refractivity contribution in [1.29, 1.82) is 0 Å². The Hall–Kier alpha value is -2.04. The fourth-order valence-electron chi connectivity index (χ4n) is 3.20. The number of benzene rings is 1. The smallest absolute Gasteiger partial charge is 0.223 e. The van der Waals surface area contributed by atoms with E-state index in [9.17, 15) is 9.59 Å². The molecule has 0 heterocycles. The molecule has 0 radical (unpaired) electrons. The van der Waals surface area contributed by atoms with E-state index in [4.69, 9.17) is 9.47 Å². The molecule has 1 N–H and O–H groups in total. The third-order valence-electron chi connectivity index (χ3n) is 4.62. The minimum absolute atomic E-state index is 0.00404. The highest BCUT2D eigenvalue weighted by Gasteiger charge is 2.29. The van der Waals surface area contributed by atoms with Crippen molar-refractivity contribution in [3.63, 3.8) is 0 Å². The second-order valence-corrected chi connectivity index (χ2v) is 6.53. The molecule has 1 aliphatic rings. The van der Waals surface area contributed by atoms with Crippen molar-refractivity contribution >= 4 is 11.7 Å². The second kappa shape index (κ2) is 9.44. The molecule has 25 heavy (non-hydrogen) atoms. The van der Waals surface area contributed by atoms with Crippen molar-refractivity contribution < 1.29 is 19.1 Å². The quantitative estimate of drug-likeness (QED) is 0.784. The zero-order valence-corrected chi connectivity index (χ0v) is 15.5. The summed E-state index contributed by atoms with van der Waals surface area (Å²) >= 11 is 0. The predicted octanol–water partition coefficient (Wildman–Crippen LogP) is 3.15. The zero-order chi connectivity index (χ0) is 18.2.